The molecule has 2 N–H and O–H groups in total. The summed E-state index contributed by atoms with van der Waals surface area (Å²) in [6, 6.07) is 20.6. The summed E-state index contributed by atoms with van der Waals surface area (Å²) in [5.74, 6) is 1.51. The molecule has 0 aliphatic rings. The van der Waals surface area contributed by atoms with E-state index in [1.54, 1.807) is 6.20 Å². The van der Waals surface area contributed by atoms with E-state index < -0.39 is 0 Å². The number of aryl methyl sites for hydroxylation is 1. The summed E-state index contributed by atoms with van der Waals surface area (Å²) in [6.07, 6.45) is 2.44. The van der Waals surface area contributed by atoms with Crippen LogP contribution < -0.4 is 15.4 Å². The van der Waals surface area contributed by atoms with Crippen LogP contribution in [0.25, 0.3) is 0 Å². The van der Waals surface area contributed by atoms with E-state index in [0.29, 0.717) is 18.7 Å². The quantitative estimate of drug-likeness (QED) is 0.688. The van der Waals surface area contributed by atoms with Crippen LogP contribution in [0.15, 0.2) is 72.9 Å². The van der Waals surface area contributed by atoms with E-state index in [-0.39, 0.29) is 6.03 Å². The molecule has 1 heterocycles. The van der Waals surface area contributed by atoms with Gasteiger partial charge in [-0.3, -0.25) is 4.98 Å². The van der Waals surface area contributed by atoms with E-state index in [1.807, 2.05) is 73.7 Å². The molecule has 0 aliphatic carbocycles. The number of amides is 2. The molecule has 2 aromatic carbocycles. The first kappa shape index (κ1) is 17.5. The monoisotopic (exact) mass is 347 g/mol. The molecule has 26 heavy (non-hydrogen) atoms. The minimum absolute atomic E-state index is 0.242. The normalized spacial score (nSPS) is 10.2. The van der Waals surface area contributed by atoms with Crippen molar-refractivity contribution in [1.82, 2.24) is 10.3 Å². The minimum atomic E-state index is -0.242. The van der Waals surface area contributed by atoms with Crippen LogP contribution in [0.1, 0.15) is 11.3 Å². The second kappa shape index (κ2) is 8.67. The average molecular weight is 347 g/mol. The Balaban J connectivity index is 1.46. The van der Waals surface area contributed by atoms with Crippen molar-refractivity contribution >= 4 is 11.7 Å². The van der Waals surface area contributed by atoms with Gasteiger partial charge in [-0.15, -0.1) is 0 Å². The molecule has 5 nitrogen and oxygen atoms in total. The van der Waals surface area contributed by atoms with E-state index in [1.165, 1.54) is 0 Å². The third kappa shape index (κ3) is 5.34. The molecular formula is C21H21N3O2. The Morgan fingerprint density at radius 3 is 2.58 bits per heavy atom. The number of carbonyl (C=O) groups is 1. The lowest BCUT2D eigenvalue weighted by Crippen LogP contribution is -2.30. The molecule has 0 saturated carbocycles. The number of ether oxygens (including phenoxy) is 1. The Morgan fingerprint density at radius 2 is 1.85 bits per heavy atom. The first-order valence-corrected chi connectivity index (χ1v) is 8.48. The molecule has 0 bridgehead atoms. The number of aromatic nitrogens is 1. The first-order chi connectivity index (χ1) is 12.7. The zero-order chi connectivity index (χ0) is 18.2. The second-order valence-electron chi connectivity index (χ2n) is 5.89. The number of urea groups is 1. The molecule has 0 aliphatic heterocycles. The zero-order valence-electron chi connectivity index (χ0n) is 14.6. The van der Waals surface area contributed by atoms with E-state index >= 15 is 0 Å². The molecule has 3 aromatic rings. The van der Waals surface area contributed by atoms with Gasteiger partial charge < -0.3 is 15.4 Å². The standard InChI is InChI=1S/C21H21N3O2/c1-16-5-4-7-20(15-16)26-19-10-8-18(9-11-19)24-21(25)23-14-12-17-6-2-3-13-22-17/h2-11,13,15H,12,14H2,1H3,(H2,23,24,25). The van der Waals surface area contributed by atoms with Gasteiger partial charge in [0.2, 0.25) is 0 Å². The Morgan fingerprint density at radius 1 is 1.00 bits per heavy atom. The highest BCUT2D eigenvalue weighted by Crippen LogP contribution is 2.23. The molecular weight excluding hydrogens is 326 g/mol. The van der Waals surface area contributed by atoms with E-state index in [9.17, 15) is 4.79 Å². The predicted octanol–water partition coefficient (Wildman–Crippen LogP) is 4.55. The number of benzene rings is 2. The molecule has 2 amide bonds. The third-order valence-corrected chi connectivity index (χ3v) is 3.73. The molecule has 1 aromatic heterocycles. The second-order valence-corrected chi connectivity index (χ2v) is 5.89. The summed E-state index contributed by atoms with van der Waals surface area (Å²) < 4.78 is 5.80. The largest absolute Gasteiger partial charge is 0.457 e. The predicted molar refractivity (Wildman–Crippen MR) is 103 cm³/mol. The highest BCUT2D eigenvalue weighted by Gasteiger charge is 2.03. The minimum Gasteiger partial charge on any atom is -0.457 e. The lowest BCUT2D eigenvalue weighted by atomic mass is 10.2. The topological polar surface area (TPSA) is 63.2 Å². The Kier molecular flexibility index (Phi) is 5.83. The lowest BCUT2D eigenvalue weighted by molar-refractivity contribution is 0.252. The van der Waals surface area contributed by atoms with Gasteiger partial charge in [-0.2, -0.15) is 0 Å². The number of carbonyl (C=O) groups excluding carboxylic acids is 1. The fraction of sp³-hybridized carbons (Fsp3) is 0.143. The van der Waals surface area contributed by atoms with E-state index in [4.69, 9.17) is 4.74 Å². The van der Waals surface area contributed by atoms with Crippen molar-refractivity contribution in [2.75, 3.05) is 11.9 Å². The van der Waals surface area contributed by atoms with Gasteiger partial charge in [0.25, 0.3) is 0 Å². The number of nitrogens with zero attached hydrogens (tertiary/aromatic N) is 1. The molecule has 0 radical (unpaired) electrons. The summed E-state index contributed by atoms with van der Waals surface area (Å²) >= 11 is 0. The number of hydrogen-bond donors (Lipinski definition) is 2. The van der Waals surface area contributed by atoms with Crippen LogP contribution in [0, 0.1) is 6.92 Å². The van der Waals surface area contributed by atoms with Crippen LogP contribution in [0.3, 0.4) is 0 Å². The molecule has 3 rings (SSSR count). The fourth-order valence-corrected chi connectivity index (χ4v) is 2.45. The van der Waals surface area contributed by atoms with Crippen molar-refractivity contribution in [2.45, 2.75) is 13.3 Å². The zero-order valence-corrected chi connectivity index (χ0v) is 14.6. The lowest BCUT2D eigenvalue weighted by Gasteiger charge is -2.09. The summed E-state index contributed by atoms with van der Waals surface area (Å²) in [5, 5.41) is 5.62. The Labute approximate surface area is 153 Å². The smallest absolute Gasteiger partial charge is 0.319 e. The van der Waals surface area contributed by atoms with Gasteiger partial charge in [0.15, 0.2) is 0 Å². The van der Waals surface area contributed by atoms with Crippen LogP contribution in [0.4, 0.5) is 10.5 Å². The van der Waals surface area contributed by atoms with Gasteiger partial charge in [-0.1, -0.05) is 18.2 Å². The maximum Gasteiger partial charge on any atom is 0.319 e. The number of nitrogens with one attached hydrogen (secondary N) is 2. The molecule has 132 valence electrons. The number of anilines is 1. The van der Waals surface area contributed by atoms with E-state index in [2.05, 4.69) is 15.6 Å². The van der Waals surface area contributed by atoms with Gasteiger partial charge in [-0.05, 0) is 61.0 Å². The summed E-state index contributed by atoms with van der Waals surface area (Å²) in [7, 11) is 0. The van der Waals surface area contributed by atoms with Crippen molar-refractivity contribution in [2.24, 2.45) is 0 Å². The van der Waals surface area contributed by atoms with Crippen LogP contribution in [0.2, 0.25) is 0 Å². The fourth-order valence-electron chi connectivity index (χ4n) is 2.45. The SMILES string of the molecule is Cc1cccc(Oc2ccc(NC(=O)NCCc3ccccn3)cc2)c1. The summed E-state index contributed by atoms with van der Waals surface area (Å²) in [4.78, 5) is 16.2. The van der Waals surface area contributed by atoms with Crippen molar-refractivity contribution in [3.8, 4) is 11.5 Å². The van der Waals surface area contributed by atoms with Gasteiger partial charge >= 0.3 is 6.03 Å². The van der Waals surface area contributed by atoms with Crippen LogP contribution in [0.5, 0.6) is 11.5 Å². The Bertz CT molecular complexity index is 849. The van der Waals surface area contributed by atoms with Crippen molar-refractivity contribution in [3.63, 3.8) is 0 Å². The molecule has 0 saturated heterocycles. The maximum atomic E-state index is 11.9. The van der Waals surface area contributed by atoms with Crippen molar-refractivity contribution in [1.29, 1.82) is 0 Å². The van der Waals surface area contributed by atoms with Crippen molar-refractivity contribution < 1.29 is 9.53 Å². The van der Waals surface area contributed by atoms with E-state index in [0.717, 1.165) is 22.8 Å². The molecule has 5 heteroatoms. The Hall–Kier alpha value is -3.34. The maximum absolute atomic E-state index is 11.9. The molecule has 0 spiro atoms. The highest BCUT2D eigenvalue weighted by molar-refractivity contribution is 5.89. The van der Waals surface area contributed by atoms with Crippen LogP contribution in [-0.2, 0) is 6.42 Å². The highest BCUT2D eigenvalue weighted by atomic mass is 16.5. The molecule has 0 atom stereocenters. The van der Waals surface area contributed by atoms with Gasteiger partial charge in [0, 0.05) is 30.5 Å². The first-order valence-electron chi connectivity index (χ1n) is 8.48. The summed E-state index contributed by atoms with van der Waals surface area (Å²) in [5.41, 5.74) is 2.80. The molecule has 0 unspecified atom stereocenters. The third-order valence-electron chi connectivity index (χ3n) is 3.73. The molecule has 0 fully saturated rings. The van der Waals surface area contributed by atoms with Crippen LogP contribution >= 0.6 is 0 Å². The van der Waals surface area contributed by atoms with Crippen molar-refractivity contribution in [3.05, 3.63) is 84.2 Å². The number of hydrogen-bond acceptors (Lipinski definition) is 3. The number of pyridine rings is 1. The van der Waals surface area contributed by atoms with Crippen LogP contribution in [-0.4, -0.2) is 17.6 Å². The van der Waals surface area contributed by atoms with Gasteiger partial charge in [0.05, 0.1) is 0 Å². The number of rotatable bonds is 6. The van der Waals surface area contributed by atoms with Gasteiger partial charge in [0.1, 0.15) is 11.5 Å². The average Bonchev–Trinajstić information content (AvgIpc) is 2.64. The summed E-state index contributed by atoms with van der Waals surface area (Å²) in [6.45, 7) is 2.55. The van der Waals surface area contributed by atoms with Gasteiger partial charge in [-0.25, -0.2) is 4.79 Å².